The maximum Gasteiger partial charge on any atom is 0.348 e. The molecule has 1 fully saturated rings. The fourth-order valence-electron chi connectivity index (χ4n) is 4.06. The first kappa shape index (κ1) is 22.0. The maximum atomic E-state index is 12.3. The molecule has 160 valence electrons. The monoisotopic (exact) mass is 508 g/mol. The Hall–Kier alpha value is -1.22. The molecule has 2 heterocycles. The van der Waals surface area contributed by atoms with Crippen molar-refractivity contribution in [2.75, 3.05) is 0 Å². The van der Waals surface area contributed by atoms with E-state index < -0.39 is 6.29 Å². The molecule has 2 aromatic rings. The van der Waals surface area contributed by atoms with Crippen LogP contribution in [0.5, 0.6) is 0 Å². The van der Waals surface area contributed by atoms with Crippen LogP contribution in [0.25, 0.3) is 10.6 Å². The predicted octanol–water partition coefficient (Wildman–Crippen LogP) is 6.26. The predicted molar refractivity (Wildman–Crippen MR) is 123 cm³/mol. The molecule has 0 radical (unpaired) electrons. The van der Waals surface area contributed by atoms with Gasteiger partial charge in [-0.25, -0.2) is 4.79 Å². The molecule has 0 bridgehead atoms. The number of cyclic esters (lactones) is 1. The molecule has 4 rings (SSSR count). The molecule has 8 heteroatoms. The number of rotatable bonds is 6. The molecule has 0 unspecified atom stereocenters. The lowest BCUT2D eigenvalue weighted by atomic mass is 9.75. The van der Waals surface area contributed by atoms with Gasteiger partial charge in [0.05, 0.1) is 11.0 Å². The number of carbonyl (C=O) groups is 1. The van der Waals surface area contributed by atoms with Gasteiger partial charge in [0.25, 0.3) is 0 Å². The molecule has 0 amide bonds. The third-order valence-corrected chi connectivity index (χ3v) is 8.86. The van der Waals surface area contributed by atoms with Gasteiger partial charge >= 0.3 is 5.97 Å². The Morgan fingerprint density at radius 2 is 2.00 bits per heavy atom. The summed E-state index contributed by atoms with van der Waals surface area (Å²) in [5, 5.41) is 9.45. The van der Waals surface area contributed by atoms with Crippen LogP contribution in [0.15, 0.2) is 44.1 Å². The summed E-state index contributed by atoms with van der Waals surface area (Å²) in [6.45, 7) is 6.75. The number of hydrogen-bond acceptors (Lipinski definition) is 7. The van der Waals surface area contributed by atoms with E-state index in [1.165, 1.54) is 29.5 Å². The third-order valence-electron chi connectivity index (χ3n) is 5.71. The number of hydrogen-bond donors (Lipinski definition) is 0. The van der Waals surface area contributed by atoms with Crippen molar-refractivity contribution >= 4 is 45.0 Å². The summed E-state index contributed by atoms with van der Waals surface area (Å²) in [5.41, 5.74) is 1.03. The number of benzene rings is 1. The van der Waals surface area contributed by atoms with E-state index in [4.69, 9.17) is 9.47 Å². The van der Waals surface area contributed by atoms with Crippen molar-refractivity contribution in [3.05, 3.63) is 39.7 Å². The number of ether oxygens (including phenoxy) is 2. The van der Waals surface area contributed by atoms with Crippen LogP contribution in [0.3, 0.4) is 0 Å². The van der Waals surface area contributed by atoms with Gasteiger partial charge in [-0.3, -0.25) is 0 Å². The molecule has 2 aliphatic rings. The van der Waals surface area contributed by atoms with Crippen LogP contribution < -0.4 is 0 Å². The Morgan fingerprint density at radius 3 is 2.73 bits per heavy atom. The first-order chi connectivity index (χ1) is 14.4. The van der Waals surface area contributed by atoms with Gasteiger partial charge < -0.3 is 9.47 Å². The minimum atomic E-state index is -0.697. The molecule has 0 spiro atoms. The SMILES string of the molecule is CC(C)[C@@H]1CC[C@@H](C)C[C@H]1O[C@H]1OC(=O)C(Br)=C1Sc1nnc(-c2ccccc2)s1. The Bertz CT molecular complexity index is 931. The summed E-state index contributed by atoms with van der Waals surface area (Å²) >= 11 is 6.29. The van der Waals surface area contributed by atoms with Crippen molar-refractivity contribution in [2.45, 2.75) is 56.8 Å². The third kappa shape index (κ3) is 4.82. The van der Waals surface area contributed by atoms with Gasteiger partial charge in [0, 0.05) is 5.56 Å². The number of esters is 1. The van der Waals surface area contributed by atoms with E-state index in [-0.39, 0.29) is 12.1 Å². The molecular formula is C22H25BrN2O3S2. The molecule has 4 atom stereocenters. The van der Waals surface area contributed by atoms with Gasteiger partial charge in [0.1, 0.15) is 9.49 Å². The number of halogens is 1. The minimum Gasteiger partial charge on any atom is -0.427 e. The average molecular weight is 509 g/mol. The summed E-state index contributed by atoms with van der Waals surface area (Å²) < 4.78 is 13.2. The second-order valence-corrected chi connectivity index (χ2v) is 11.3. The second kappa shape index (κ2) is 9.51. The zero-order valence-corrected chi connectivity index (χ0v) is 20.4. The van der Waals surface area contributed by atoms with Gasteiger partial charge in [0.15, 0.2) is 4.34 Å². The topological polar surface area (TPSA) is 61.3 Å². The number of thioether (sulfide) groups is 1. The molecule has 5 nitrogen and oxygen atoms in total. The number of nitrogens with zero attached hydrogens (tertiary/aromatic N) is 2. The fourth-order valence-corrected chi connectivity index (χ4v) is 6.48. The van der Waals surface area contributed by atoms with E-state index in [2.05, 4.69) is 46.9 Å². The number of aromatic nitrogens is 2. The van der Waals surface area contributed by atoms with E-state index in [0.717, 1.165) is 32.7 Å². The molecule has 1 aromatic carbocycles. The Labute approximate surface area is 193 Å². The van der Waals surface area contributed by atoms with Gasteiger partial charge in [0.2, 0.25) is 6.29 Å². The van der Waals surface area contributed by atoms with Crippen molar-refractivity contribution in [1.29, 1.82) is 0 Å². The second-order valence-electron chi connectivity index (χ2n) is 8.26. The molecule has 1 aromatic heterocycles. The van der Waals surface area contributed by atoms with Crippen LogP contribution in [-0.4, -0.2) is 28.6 Å². The highest BCUT2D eigenvalue weighted by Gasteiger charge is 2.40. The van der Waals surface area contributed by atoms with Crippen LogP contribution in [0.4, 0.5) is 0 Å². The lowest BCUT2D eigenvalue weighted by molar-refractivity contribution is -0.179. The maximum absolute atomic E-state index is 12.3. The smallest absolute Gasteiger partial charge is 0.348 e. The Kier molecular flexibility index (Phi) is 6.97. The largest absolute Gasteiger partial charge is 0.427 e. The highest BCUT2D eigenvalue weighted by atomic mass is 79.9. The molecule has 1 saturated carbocycles. The van der Waals surface area contributed by atoms with E-state index >= 15 is 0 Å². The van der Waals surface area contributed by atoms with Crippen LogP contribution in [-0.2, 0) is 14.3 Å². The van der Waals surface area contributed by atoms with Crippen LogP contribution in [0.1, 0.15) is 40.0 Å². The van der Waals surface area contributed by atoms with Crippen molar-refractivity contribution in [2.24, 2.45) is 17.8 Å². The minimum absolute atomic E-state index is 0.0786. The summed E-state index contributed by atoms with van der Waals surface area (Å²) in [5.74, 6) is 1.22. The van der Waals surface area contributed by atoms with Crippen LogP contribution >= 0.6 is 39.0 Å². The summed E-state index contributed by atoms with van der Waals surface area (Å²) in [6, 6.07) is 9.95. The van der Waals surface area contributed by atoms with Gasteiger partial charge in [-0.15, -0.1) is 10.2 Å². The van der Waals surface area contributed by atoms with Gasteiger partial charge in [-0.05, 0) is 46.5 Å². The molecule has 0 N–H and O–H groups in total. The summed E-state index contributed by atoms with van der Waals surface area (Å²) in [7, 11) is 0. The quantitative estimate of drug-likeness (QED) is 0.428. The Balaban J connectivity index is 1.51. The average Bonchev–Trinajstić information content (AvgIpc) is 3.29. The molecule has 1 aliphatic carbocycles. The zero-order chi connectivity index (χ0) is 21.3. The molecule has 0 saturated heterocycles. The fraction of sp³-hybridized carbons (Fsp3) is 0.500. The normalized spacial score (nSPS) is 27.0. The van der Waals surface area contributed by atoms with E-state index in [9.17, 15) is 4.79 Å². The lowest BCUT2D eigenvalue weighted by Gasteiger charge is -2.38. The first-order valence-electron chi connectivity index (χ1n) is 10.2. The highest BCUT2D eigenvalue weighted by Crippen LogP contribution is 2.44. The van der Waals surface area contributed by atoms with Crippen LogP contribution in [0, 0.1) is 17.8 Å². The first-order valence-corrected chi connectivity index (χ1v) is 12.7. The molecule has 1 aliphatic heterocycles. The highest BCUT2D eigenvalue weighted by molar-refractivity contribution is 9.12. The number of carbonyl (C=O) groups excluding carboxylic acids is 1. The van der Waals surface area contributed by atoms with E-state index in [1.54, 1.807) is 0 Å². The molecular weight excluding hydrogens is 484 g/mol. The van der Waals surface area contributed by atoms with Crippen molar-refractivity contribution in [1.82, 2.24) is 10.2 Å². The van der Waals surface area contributed by atoms with Crippen molar-refractivity contribution < 1.29 is 14.3 Å². The van der Waals surface area contributed by atoms with E-state index in [0.29, 0.717) is 22.2 Å². The van der Waals surface area contributed by atoms with E-state index in [1.807, 2.05) is 30.3 Å². The lowest BCUT2D eigenvalue weighted by Crippen LogP contribution is -2.37. The van der Waals surface area contributed by atoms with Gasteiger partial charge in [-0.2, -0.15) is 0 Å². The summed E-state index contributed by atoms with van der Waals surface area (Å²) in [6.07, 6.45) is 2.74. The van der Waals surface area contributed by atoms with Gasteiger partial charge in [-0.1, -0.05) is 80.6 Å². The van der Waals surface area contributed by atoms with Crippen LogP contribution in [0.2, 0.25) is 0 Å². The zero-order valence-electron chi connectivity index (χ0n) is 17.2. The van der Waals surface area contributed by atoms with Crippen molar-refractivity contribution in [3.63, 3.8) is 0 Å². The molecule has 30 heavy (non-hydrogen) atoms. The van der Waals surface area contributed by atoms with Crippen molar-refractivity contribution in [3.8, 4) is 10.6 Å². The summed E-state index contributed by atoms with van der Waals surface area (Å²) in [4.78, 5) is 13.0. The standard InChI is InChI=1S/C22H25BrN2O3S2/c1-12(2)15-10-9-13(3)11-16(15)27-21-18(17(23)20(26)28-21)29-22-25-24-19(30-22)14-7-5-4-6-8-14/h4-8,12-13,15-16,21H,9-11H2,1-3H3/t13-,15+,16-,21+/m1/s1. The Morgan fingerprint density at radius 1 is 1.23 bits per heavy atom.